The monoisotopic (exact) mass is 562 g/mol. The van der Waals surface area contributed by atoms with Gasteiger partial charge in [0.2, 0.25) is 0 Å². The van der Waals surface area contributed by atoms with Crippen molar-refractivity contribution < 1.29 is 54.4 Å². The number of phenols is 4. The standard InChI is InChI=1S/C29H38O11/c1-3-16(2)28(37)40-27-26(36)25(35)15-38-29(27)39-20(9-5-18-7-11-22(32)24(34)13-18)14-19(30)8-4-17-6-10-21(31)23(33)12-17/h6-7,10-13,16,20,25-27,29,31-36H,3-5,8-9,14-15H2,1-2H3/t16?,20-,25+,26-,27+,29-/m0/s1. The second kappa shape index (κ2) is 14.3. The third-order valence-electron chi connectivity index (χ3n) is 7.01. The summed E-state index contributed by atoms with van der Waals surface area (Å²) in [6.07, 6.45) is -4.57. The molecule has 0 spiro atoms. The van der Waals surface area contributed by atoms with Gasteiger partial charge in [-0.3, -0.25) is 9.59 Å². The topological polar surface area (TPSA) is 183 Å². The highest BCUT2D eigenvalue weighted by Gasteiger charge is 2.43. The van der Waals surface area contributed by atoms with E-state index in [1.807, 2.05) is 6.92 Å². The number of Topliss-reactive ketones (excluding diaryl/α,β-unsaturated/α-hetero) is 1. The lowest BCUT2D eigenvalue weighted by molar-refractivity contribution is -0.288. The van der Waals surface area contributed by atoms with Gasteiger partial charge >= 0.3 is 5.97 Å². The van der Waals surface area contributed by atoms with Gasteiger partial charge in [0.05, 0.1) is 18.6 Å². The number of aryl methyl sites for hydroxylation is 2. The number of ether oxygens (including phenoxy) is 3. The number of rotatable bonds is 13. The molecule has 0 amide bonds. The summed E-state index contributed by atoms with van der Waals surface area (Å²) in [5.74, 6) is -2.29. The molecule has 1 fully saturated rings. The fourth-order valence-corrected chi connectivity index (χ4v) is 4.25. The molecular weight excluding hydrogens is 524 g/mol. The maximum absolute atomic E-state index is 13.0. The van der Waals surface area contributed by atoms with Crippen LogP contribution in [0.4, 0.5) is 0 Å². The summed E-state index contributed by atoms with van der Waals surface area (Å²) < 4.78 is 17.2. The summed E-state index contributed by atoms with van der Waals surface area (Å²) in [5, 5.41) is 59.3. The summed E-state index contributed by atoms with van der Waals surface area (Å²) in [4.78, 5) is 25.4. The molecular formula is C29H38O11. The van der Waals surface area contributed by atoms with E-state index >= 15 is 0 Å². The van der Waals surface area contributed by atoms with Crippen molar-refractivity contribution in [2.75, 3.05) is 6.61 Å². The molecule has 0 aliphatic carbocycles. The van der Waals surface area contributed by atoms with E-state index in [-0.39, 0.29) is 54.7 Å². The molecule has 220 valence electrons. The van der Waals surface area contributed by atoms with Crippen LogP contribution >= 0.6 is 0 Å². The Morgan fingerprint density at radius 1 is 0.950 bits per heavy atom. The minimum absolute atomic E-state index is 0.0569. The van der Waals surface area contributed by atoms with Crippen molar-refractivity contribution in [1.29, 1.82) is 0 Å². The number of hydrogen-bond acceptors (Lipinski definition) is 11. The lowest BCUT2D eigenvalue weighted by Crippen LogP contribution is -2.56. The van der Waals surface area contributed by atoms with Gasteiger partial charge in [-0.25, -0.2) is 0 Å². The molecule has 0 bridgehead atoms. The highest BCUT2D eigenvalue weighted by Crippen LogP contribution is 2.29. The Kier molecular flexibility index (Phi) is 11.1. The average Bonchev–Trinajstić information content (AvgIpc) is 2.93. The predicted molar refractivity (Wildman–Crippen MR) is 142 cm³/mol. The number of ketones is 1. The van der Waals surface area contributed by atoms with Gasteiger partial charge in [-0.15, -0.1) is 0 Å². The van der Waals surface area contributed by atoms with Gasteiger partial charge in [0, 0.05) is 12.8 Å². The molecule has 40 heavy (non-hydrogen) atoms. The first kappa shape index (κ1) is 31.2. The van der Waals surface area contributed by atoms with E-state index in [9.17, 15) is 40.2 Å². The van der Waals surface area contributed by atoms with Gasteiger partial charge in [-0.2, -0.15) is 0 Å². The number of phenolic OH excluding ortho intramolecular Hbond substituents is 4. The van der Waals surface area contributed by atoms with E-state index in [0.29, 0.717) is 30.4 Å². The third kappa shape index (κ3) is 8.56. The number of carbonyl (C=O) groups is 2. The molecule has 1 aliphatic heterocycles. The Bertz CT molecular complexity index is 1150. The first-order valence-electron chi connectivity index (χ1n) is 13.4. The van der Waals surface area contributed by atoms with Crippen LogP contribution in [0.1, 0.15) is 50.7 Å². The number of carbonyl (C=O) groups excluding carboxylic acids is 2. The zero-order chi connectivity index (χ0) is 29.4. The largest absolute Gasteiger partial charge is 0.504 e. The molecule has 2 aromatic rings. The predicted octanol–water partition coefficient (Wildman–Crippen LogP) is 2.45. The van der Waals surface area contributed by atoms with Gasteiger partial charge in [0.15, 0.2) is 35.4 Å². The summed E-state index contributed by atoms with van der Waals surface area (Å²) in [7, 11) is 0. The number of aliphatic hydroxyl groups is 2. The van der Waals surface area contributed by atoms with Crippen LogP contribution in [-0.4, -0.2) is 79.7 Å². The molecule has 0 aromatic heterocycles. The van der Waals surface area contributed by atoms with E-state index in [2.05, 4.69) is 0 Å². The second-order valence-electron chi connectivity index (χ2n) is 10.2. The summed E-state index contributed by atoms with van der Waals surface area (Å²) in [6, 6.07) is 8.71. The van der Waals surface area contributed by atoms with Crippen molar-refractivity contribution in [3.05, 3.63) is 47.5 Å². The van der Waals surface area contributed by atoms with Crippen LogP contribution in [0, 0.1) is 5.92 Å². The average molecular weight is 563 g/mol. The molecule has 6 N–H and O–H groups in total. The highest BCUT2D eigenvalue weighted by atomic mass is 16.7. The molecule has 11 heteroatoms. The maximum atomic E-state index is 13.0. The van der Waals surface area contributed by atoms with Crippen molar-refractivity contribution >= 4 is 11.8 Å². The molecule has 11 nitrogen and oxygen atoms in total. The molecule has 2 aromatic carbocycles. The van der Waals surface area contributed by atoms with Crippen LogP contribution in [0.3, 0.4) is 0 Å². The van der Waals surface area contributed by atoms with Crippen molar-refractivity contribution in [1.82, 2.24) is 0 Å². The van der Waals surface area contributed by atoms with E-state index < -0.39 is 42.6 Å². The number of aliphatic hydroxyl groups excluding tert-OH is 2. The molecule has 1 aliphatic rings. The summed E-state index contributed by atoms with van der Waals surface area (Å²) in [6.45, 7) is 3.22. The van der Waals surface area contributed by atoms with Crippen LogP contribution in [0.5, 0.6) is 23.0 Å². The summed E-state index contributed by atoms with van der Waals surface area (Å²) in [5.41, 5.74) is 1.33. The zero-order valence-electron chi connectivity index (χ0n) is 22.6. The van der Waals surface area contributed by atoms with E-state index in [1.165, 1.54) is 24.3 Å². The molecule has 0 radical (unpaired) electrons. The molecule has 1 saturated heterocycles. The molecule has 3 rings (SSSR count). The van der Waals surface area contributed by atoms with Crippen molar-refractivity contribution in [3.63, 3.8) is 0 Å². The van der Waals surface area contributed by atoms with Crippen molar-refractivity contribution in [2.24, 2.45) is 5.92 Å². The normalized spacial score (nSPS) is 22.4. The van der Waals surface area contributed by atoms with Crippen LogP contribution in [0.15, 0.2) is 36.4 Å². The molecule has 1 unspecified atom stereocenters. The molecule has 6 atom stereocenters. The van der Waals surface area contributed by atoms with Crippen molar-refractivity contribution in [2.45, 2.75) is 83.1 Å². The number of benzene rings is 2. The Morgan fingerprint density at radius 3 is 2.12 bits per heavy atom. The minimum Gasteiger partial charge on any atom is -0.504 e. The Labute approximate surface area is 232 Å². The SMILES string of the molecule is CCC(C)C(=O)O[C@H]1[C@H](O[C@@H](CCc2ccc(O)c(O)c2)CC(=O)CCc2ccc(O)c(O)c2)OC[C@@H](O)[C@@H]1O. The molecule has 0 saturated carbocycles. The number of aromatic hydroxyl groups is 4. The van der Waals surface area contributed by atoms with Crippen molar-refractivity contribution in [3.8, 4) is 23.0 Å². The van der Waals surface area contributed by atoms with Crippen LogP contribution in [0.25, 0.3) is 0 Å². The van der Waals surface area contributed by atoms with Gasteiger partial charge < -0.3 is 44.8 Å². The second-order valence-corrected chi connectivity index (χ2v) is 10.2. The Balaban J connectivity index is 1.73. The minimum atomic E-state index is -1.46. The summed E-state index contributed by atoms with van der Waals surface area (Å²) >= 11 is 0. The van der Waals surface area contributed by atoms with E-state index in [1.54, 1.807) is 19.1 Å². The fourth-order valence-electron chi connectivity index (χ4n) is 4.25. The van der Waals surface area contributed by atoms with Crippen LogP contribution in [0.2, 0.25) is 0 Å². The quantitative estimate of drug-likeness (QED) is 0.156. The Morgan fingerprint density at radius 2 is 1.55 bits per heavy atom. The lowest BCUT2D eigenvalue weighted by atomic mass is 9.99. The number of hydrogen-bond donors (Lipinski definition) is 6. The lowest BCUT2D eigenvalue weighted by Gasteiger charge is -2.39. The van der Waals surface area contributed by atoms with Crippen LogP contribution in [-0.2, 0) is 36.6 Å². The third-order valence-corrected chi connectivity index (χ3v) is 7.01. The zero-order valence-corrected chi connectivity index (χ0v) is 22.6. The van der Waals surface area contributed by atoms with E-state index in [4.69, 9.17) is 14.2 Å². The fraction of sp³-hybridized carbons (Fsp3) is 0.517. The highest BCUT2D eigenvalue weighted by molar-refractivity contribution is 5.79. The van der Waals surface area contributed by atoms with Gasteiger partial charge in [-0.1, -0.05) is 26.0 Å². The van der Waals surface area contributed by atoms with Gasteiger partial charge in [0.25, 0.3) is 0 Å². The Hall–Kier alpha value is -3.38. The van der Waals surface area contributed by atoms with Gasteiger partial charge in [-0.05, 0) is 61.1 Å². The number of esters is 1. The molecule has 1 heterocycles. The first-order chi connectivity index (χ1) is 19.0. The van der Waals surface area contributed by atoms with Crippen LogP contribution < -0.4 is 0 Å². The smallest absolute Gasteiger partial charge is 0.309 e. The van der Waals surface area contributed by atoms with Gasteiger partial charge in [0.1, 0.15) is 18.0 Å². The maximum Gasteiger partial charge on any atom is 0.309 e. The first-order valence-corrected chi connectivity index (χ1v) is 13.4. The van der Waals surface area contributed by atoms with E-state index in [0.717, 1.165) is 0 Å².